The van der Waals surface area contributed by atoms with Gasteiger partial charge < -0.3 is 24.5 Å². The first-order valence-electron chi connectivity index (χ1n) is 10.1. The second kappa shape index (κ2) is 8.39. The van der Waals surface area contributed by atoms with Crippen LogP contribution in [0.25, 0.3) is 0 Å². The lowest BCUT2D eigenvalue weighted by atomic mass is 10.1. The van der Waals surface area contributed by atoms with Crippen molar-refractivity contribution in [1.82, 2.24) is 14.9 Å². The van der Waals surface area contributed by atoms with Crippen molar-refractivity contribution < 1.29 is 14.6 Å². The first-order valence-corrected chi connectivity index (χ1v) is 10.1. The number of rotatable bonds is 3. The lowest BCUT2D eigenvalue weighted by Gasteiger charge is -2.31. The van der Waals surface area contributed by atoms with Gasteiger partial charge in [-0.15, -0.1) is 0 Å². The highest BCUT2D eigenvalue weighted by atomic mass is 16.5. The van der Waals surface area contributed by atoms with Gasteiger partial charge in [0.1, 0.15) is 24.1 Å². The first-order chi connectivity index (χ1) is 13.2. The van der Waals surface area contributed by atoms with E-state index in [1.165, 1.54) is 0 Å². The number of aliphatic hydroxyl groups excluding tert-OH is 1. The van der Waals surface area contributed by atoms with Crippen LogP contribution in [0.15, 0.2) is 12.4 Å². The van der Waals surface area contributed by atoms with Crippen LogP contribution in [0.2, 0.25) is 0 Å². The van der Waals surface area contributed by atoms with Gasteiger partial charge in [-0.1, -0.05) is 0 Å². The van der Waals surface area contributed by atoms with E-state index in [-0.39, 0.29) is 18.1 Å². The van der Waals surface area contributed by atoms with Crippen molar-refractivity contribution in [2.45, 2.75) is 44.3 Å². The summed E-state index contributed by atoms with van der Waals surface area (Å²) in [5, 5.41) is 9.70. The third-order valence-electron chi connectivity index (χ3n) is 5.76. The Morgan fingerprint density at radius 1 is 0.963 bits per heavy atom. The van der Waals surface area contributed by atoms with Crippen LogP contribution in [-0.4, -0.2) is 84.0 Å². The molecule has 0 bridgehead atoms. The van der Waals surface area contributed by atoms with Crippen LogP contribution in [0.5, 0.6) is 0 Å². The molecule has 4 heterocycles. The van der Waals surface area contributed by atoms with E-state index in [1.807, 2.05) is 11.0 Å². The average Bonchev–Trinajstić information content (AvgIpc) is 3.13. The number of aliphatic hydroxyl groups is 1. The highest BCUT2D eigenvalue weighted by molar-refractivity contribution is 5.81. The fourth-order valence-corrected chi connectivity index (χ4v) is 4.12. The average molecular weight is 375 g/mol. The van der Waals surface area contributed by atoms with Gasteiger partial charge in [0, 0.05) is 51.9 Å². The van der Waals surface area contributed by atoms with E-state index < -0.39 is 0 Å². The molecule has 0 radical (unpaired) electrons. The lowest BCUT2D eigenvalue weighted by Crippen LogP contribution is -2.41. The Balaban J connectivity index is 1.39. The number of aromatic nitrogens is 2. The Morgan fingerprint density at radius 2 is 1.70 bits per heavy atom. The molecule has 8 heteroatoms. The summed E-state index contributed by atoms with van der Waals surface area (Å²) in [6.07, 6.45) is 5.50. The van der Waals surface area contributed by atoms with Crippen molar-refractivity contribution in [1.29, 1.82) is 0 Å². The SMILES string of the molecule is O=C([C@H]1CCCO1)N1CCCN(c2cc(N3CCC(O)CC3)ncn2)CC1. The largest absolute Gasteiger partial charge is 0.393 e. The third kappa shape index (κ3) is 4.32. The molecule has 27 heavy (non-hydrogen) atoms. The monoisotopic (exact) mass is 375 g/mol. The summed E-state index contributed by atoms with van der Waals surface area (Å²) in [7, 11) is 0. The van der Waals surface area contributed by atoms with Gasteiger partial charge in [0.15, 0.2) is 0 Å². The molecule has 0 aliphatic carbocycles. The van der Waals surface area contributed by atoms with E-state index in [1.54, 1.807) is 6.33 Å². The number of nitrogens with zero attached hydrogens (tertiary/aromatic N) is 5. The Bertz CT molecular complexity index is 644. The number of ether oxygens (including phenoxy) is 1. The van der Waals surface area contributed by atoms with Crippen LogP contribution in [0.4, 0.5) is 11.6 Å². The molecule has 3 fully saturated rings. The second-order valence-corrected chi connectivity index (χ2v) is 7.62. The van der Waals surface area contributed by atoms with E-state index in [2.05, 4.69) is 19.8 Å². The fraction of sp³-hybridized carbons (Fsp3) is 0.737. The zero-order chi connectivity index (χ0) is 18.6. The molecule has 4 rings (SSSR count). The normalized spacial score (nSPS) is 24.9. The zero-order valence-corrected chi connectivity index (χ0v) is 15.8. The topological polar surface area (TPSA) is 82.0 Å². The standard InChI is InChI=1S/C19H29N5O3/c25-15-4-8-23(9-5-15)18-13-17(20-14-21-18)22-6-2-7-24(11-10-22)19(26)16-3-1-12-27-16/h13-16,25H,1-12H2/t16-/m1/s1. The molecule has 0 saturated carbocycles. The smallest absolute Gasteiger partial charge is 0.251 e. The van der Waals surface area contributed by atoms with Crippen LogP contribution >= 0.6 is 0 Å². The Morgan fingerprint density at radius 3 is 2.41 bits per heavy atom. The molecule has 1 N–H and O–H groups in total. The molecular formula is C19H29N5O3. The molecule has 1 amide bonds. The van der Waals surface area contributed by atoms with Gasteiger partial charge in [0.2, 0.25) is 0 Å². The maximum absolute atomic E-state index is 12.6. The second-order valence-electron chi connectivity index (χ2n) is 7.62. The highest BCUT2D eigenvalue weighted by Crippen LogP contribution is 2.23. The molecule has 1 aromatic heterocycles. The van der Waals surface area contributed by atoms with Gasteiger partial charge in [-0.2, -0.15) is 0 Å². The van der Waals surface area contributed by atoms with Gasteiger partial charge >= 0.3 is 0 Å². The number of hydrogen-bond donors (Lipinski definition) is 1. The minimum Gasteiger partial charge on any atom is -0.393 e. The highest BCUT2D eigenvalue weighted by Gasteiger charge is 2.29. The van der Waals surface area contributed by atoms with Crippen LogP contribution in [0, 0.1) is 0 Å². The van der Waals surface area contributed by atoms with E-state index in [0.717, 1.165) is 76.5 Å². The summed E-state index contributed by atoms with van der Waals surface area (Å²) >= 11 is 0. The van der Waals surface area contributed by atoms with Crippen LogP contribution in [0.3, 0.4) is 0 Å². The molecule has 0 aromatic carbocycles. The minimum atomic E-state index is -0.239. The van der Waals surface area contributed by atoms with Crippen LogP contribution in [0.1, 0.15) is 32.1 Å². The maximum atomic E-state index is 12.6. The zero-order valence-electron chi connectivity index (χ0n) is 15.8. The Kier molecular flexibility index (Phi) is 5.73. The molecule has 1 atom stereocenters. The van der Waals surface area contributed by atoms with Gasteiger partial charge in [0.05, 0.1) is 6.10 Å². The molecule has 0 spiro atoms. The van der Waals surface area contributed by atoms with E-state index in [0.29, 0.717) is 13.2 Å². The molecule has 3 aliphatic heterocycles. The van der Waals surface area contributed by atoms with Crippen LogP contribution < -0.4 is 9.80 Å². The predicted molar refractivity (Wildman–Crippen MR) is 102 cm³/mol. The molecule has 1 aromatic rings. The molecule has 0 unspecified atom stereocenters. The van der Waals surface area contributed by atoms with Crippen molar-refractivity contribution in [3.8, 4) is 0 Å². The lowest BCUT2D eigenvalue weighted by molar-refractivity contribution is -0.140. The van der Waals surface area contributed by atoms with Gasteiger partial charge in [-0.3, -0.25) is 4.79 Å². The van der Waals surface area contributed by atoms with E-state index in [9.17, 15) is 9.90 Å². The van der Waals surface area contributed by atoms with Crippen molar-refractivity contribution >= 4 is 17.5 Å². The Labute approximate surface area is 160 Å². The van der Waals surface area contributed by atoms with Crippen LogP contribution in [-0.2, 0) is 9.53 Å². The number of amides is 1. The Hall–Kier alpha value is -1.93. The maximum Gasteiger partial charge on any atom is 0.251 e. The van der Waals surface area contributed by atoms with Crippen molar-refractivity contribution in [2.24, 2.45) is 0 Å². The first kappa shape index (κ1) is 18.4. The summed E-state index contributed by atoms with van der Waals surface area (Å²) in [5.41, 5.74) is 0. The number of hydrogen-bond acceptors (Lipinski definition) is 7. The van der Waals surface area contributed by atoms with Crippen molar-refractivity contribution in [3.05, 3.63) is 12.4 Å². The summed E-state index contributed by atoms with van der Waals surface area (Å²) in [6, 6.07) is 2.04. The number of carbonyl (C=O) groups excluding carboxylic acids is 1. The van der Waals surface area contributed by atoms with Gasteiger partial charge in [-0.25, -0.2) is 9.97 Å². The fourth-order valence-electron chi connectivity index (χ4n) is 4.12. The summed E-state index contributed by atoms with van der Waals surface area (Å²) in [4.78, 5) is 27.9. The quantitative estimate of drug-likeness (QED) is 0.831. The third-order valence-corrected chi connectivity index (χ3v) is 5.76. The van der Waals surface area contributed by atoms with Gasteiger partial charge in [0.25, 0.3) is 5.91 Å². The predicted octanol–water partition coefficient (Wildman–Crippen LogP) is 0.655. The number of carbonyl (C=O) groups is 1. The molecule has 8 nitrogen and oxygen atoms in total. The number of piperidine rings is 1. The summed E-state index contributed by atoms with van der Waals surface area (Å²) in [5.74, 6) is 1.98. The minimum absolute atomic E-state index is 0.143. The van der Waals surface area contributed by atoms with Crippen molar-refractivity contribution in [3.63, 3.8) is 0 Å². The summed E-state index contributed by atoms with van der Waals surface area (Å²) < 4.78 is 5.56. The van der Waals surface area contributed by atoms with E-state index >= 15 is 0 Å². The summed E-state index contributed by atoms with van der Waals surface area (Å²) in [6.45, 7) is 5.47. The van der Waals surface area contributed by atoms with Gasteiger partial charge in [-0.05, 0) is 32.1 Å². The molecular weight excluding hydrogens is 346 g/mol. The molecule has 3 saturated heterocycles. The van der Waals surface area contributed by atoms with Crippen molar-refractivity contribution in [2.75, 3.05) is 55.7 Å². The number of anilines is 2. The van der Waals surface area contributed by atoms with E-state index in [4.69, 9.17) is 4.74 Å². The molecule has 148 valence electrons. The molecule has 3 aliphatic rings.